The van der Waals surface area contributed by atoms with E-state index in [9.17, 15) is 13.6 Å². The normalized spacial score (nSPS) is 10.5. The predicted octanol–water partition coefficient (Wildman–Crippen LogP) is 1.89. The van der Waals surface area contributed by atoms with Crippen molar-refractivity contribution in [1.82, 2.24) is 9.55 Å². The summed E-state index contributed by atoms with van der Waals surface area (Å²) >= 11 is 0. The first kappa shape index (κ1) is 13.2. The van der Waals surface area contributed by atoms with Gasteiger partial charge in [0.05, 0.1) is 13.7 Å². The molecule has 0 saturated carbocycles. The highest BCUT2D eigenvalue weighted by molar-refractivity contribution is 5.21. The van der Waals surface area contributed by atoms with Gasteiger partial charge in [-0.3, -0.25) is 9.36 Å². The van der Waals surface area contributed by atoms with Crippen LogP contribution in [0.25, 0.3) is 0 Å². The van der Waals surface area contributed by atoms with Crippen LogP contribution in [0.2, 0.25) is 0 Å². The third-order valence-corrected chi connectivity index (χ3v) is 2.66. The van der Waals surface area contributed by atoms with Crippen molar-refractivity contribution >= 4 is 0 Å². The van der Waals surface area contributed by atoms with Crippen LogP contribution < -0.4 is 10.3 Å². The quantitative estimate of drug-likeness (QED) is 0.852. The Balaban J connectivity index is 2.52. The minimum atomic E-state index is -0.713. The van der Waals surface area contributed by atoms with E-state index in [1.165, 1.54) is 19.2 Å². The molecule has 0 aliphatic rings. The summed E-state index contributed by atoms with van der Waals surface area (Å²) in [6.07, 6.45) is 0. The second kappa shape index (κ2) is 5.17. The molecule has 19 heavy (non-hydrogen) atoms. The molecule has 0 aliphatic carbocycles. The van der Waals surface area contributed by atoms with Crippen LogP contribution in [0.1, 0.15) is 11.3 Å². The molecular formula is C13H12F2N2O2. The highest BCUT2D eigenvalue weighted by Crippen LogP contribution is 2.15. The van der Waals surface area contributed by atoms with Crippen molar-refractivity contribution in [3.05, 3.63) is 57.5 Å². The summed E-state index contributed by atoms with van der Waals surface area (Å²) in [5.74, 6) is -1.43. The predicted molar refractivity (Wildman–Crippen MR) is 65.2 cm³/mol. The lowest BCUT2D eigenvalue weighted by Crippen LogP contribution is -2.24. The van der Waals surface area contributed by atoms with Crippen molar-refractivity contribution in [2.75, 3.05) is 7.11 Å². The summed E-state index contributed by atoms with van der Waals surface area (Å²) in [5, 5.41) is 0. The van der Waals surface area contributed by atoms with Gasteiger partial charge >= 0.3 is 0 Å². The first-order valence-electron chi connectivity index (χ1n) is 5.58. The van der Waals surface area contributed by atoms with Crippen LogP contribution >= 0.6 is 0 Å². The number of aryl methyl sites for hydroxylation is 1. The van der Waals surface area contributed by atoms with E-state index in [0.717, 1.165) is 16.7 Å². The molecule has 0 atom stereocenters. The Morgan fingerprint density at radius 2 is 1.95 bits per heavy atom. The molecule has 1 heterocycles. The van der Waals surface area contributed by atoms with E-state index in [2.05, 4.69) is 4.98 Å². The molecule has 0 amide bonds. The average Bonchev–Trinajstić information content (AvgIpc) is 2.35. The Morgan fingerprint density at radius 1 is 1.32 bits per heavy atom. The Labute approximate surface area is 108 Å². The van der Waals surface area contributed by atoms with Gasteiger partial charge in [0.15, 0.2) is 0 Å². The molecular weight excluding hydrogens is 254 g/mol. The van der Waals surface area contributed by atoms with Crippen LogP contribution in [0.3, 0.4) is 0 Å². The molecule has 0 bridgehead atoms. The molecule has 2 aromatic rings. The van der Waals surface area contributed by atoms with E-state index in [1.54, 1.807) is 6.92 Å². The third kappa shape index (κ3) is 2.62. The second-order valence-corrected chi connectivity index (χ2v) is 4.01. The Morgan fingerprint density at radius 3 is 2.53 bits per heavy atom. The number of ether oxygens (including phenoxy) is 1. The molecule has 4 nitrogen and oxygen atoms in total. The Bertz CT molecular complexity index is 648. The second-order valence-electron chi connectivity index (χ2n) is 4.01. The summed E-state index contributed by atoms with van der Waals surface area (Å²) in [4.78, 5) is 15.8. The number of hydrogen-bond acceptors (Lipinski definition) is 3. The Kier molecular flexibility index (Phi) is 3.59. The monoisotopic (exact) mass is 266 g/mol. The highest BCUT2D eigenvalue weighted by atomic mass is 19.1. The average molecular weight is 266 g/mol. The number of aromatic nitrogens is 2. The van der Waals surface area contributed by atoms with Crippen molar-refractivity contribution in [2.24, 2.45) is 0 Å². The van der Waals surface area contributed by atoms with Crippen LogP contribution in [-0.4, -0.2) is 16.7 Å². The molecule has 0 radical (unpaired) electrons. The van der Waals surface area contributed by atoms with E-state index >= 15 is 0 Å². The Hall–Kier alpha value is -2.24. The van der Waals surface area contributed by atoms with Crippen molar-refractivity contribution in [1.29, 1.82) is 0 Å². The molecule has 0 fully saturated rings. The van der Waals surface area contributed by atoms with Crippen LogP contribution in [0, 0.1) is 18.6 Å². The molecule has 0 aliphatic heterocycles. The molecule has 100 valence electrons. The fraction of sp³-hybridized carbons (Fsp3) is 0.231. The van der Waals surface area contributed by atoms with E-state index in [0.29, 0.717) is 5.69 Å². The fourth-order valence-electron chi connectivity index (χ4n) is 1.74. The molecule has 1 aromatic carbocycles. The van der Waals surface area contributed by atoms with Gasteiger partial charge in [-0.05, 0) is 19.1 Å². The maximum Gasteiger partial charge on any atom is 0.299 e. The van der Waals surface area contributed by atoms with Crippen molar-refractivity contribution in [3.8, 4) is 6.01 Å². The number of halogens is 2. The smallest absolute Gasteiger partial charge is 0.299 e. The van der Waals surface area contributed by atoms with Gasteiger partial charge in [0.1, 0.15) is 11.6 Å². The molecule has 0 spiro atoms. The van der Waals surface area contributed by atoms with E-state index < -0.39 is 17.2 Å². The lowest BCUT2D eigenvalue weighted by molar-refractivity contribution is 0.347. The SMILES string of the molecule is COc1nc(C)cc(=O)n1Cc1c(F)cccc1F. The minimum absolute atomic E-state index is 0.0210. The van der Waals surface area contributed by atoms with E-state index in [-0.39, 0.29) is 18.1 Å². The summed E-state index contributed by atoms with van der Waals surface area (Å²) in [5.41, 5.74) is -0.146. The summed E-state index contributed by atoms with van der Waals surface area (Å²) in [6, 6.07) is 4.84. The zero-order valence-electron chi connectivity index (χ0n) is 10.5. The molecule has 0 N–H and O–H groups in total. The van der Waals surface area contributed by atoms with Crippen molar-refractivity contribution < 1.29 is 13.5 Å². The van der Waals surface area contributed by atoms with Gasteiger partial charge in [0.25, 0.3) is 11.6 Å². The van der Waals surface area contributed by atoms with Crippen molar-refractivity contribution in [3.63, 3.8) is 0 Å². The van der Waals surface area contributed by atoms with Crippen LogP contribution in [0.4, 0.5) is 8.78 Å². The van der Waals surface area contributed by atoms with Gasteiger partial charge < -0.3 is 4.74 Å². The topological polar surface area (TPSA) is 44.1 Å². The zero-order valence-corrected chi connectivity index (χ0v) is 10.5. The maximum atomic E-state index is 13.6. The van der Waals surface area contributed by atoms with E-state index in [1.807, 2.05) is 0 Å². The largest absolute Gasteiger partial charge is 0.468 e. The molecule has 2 rings (SSSR count). The number of hydrogen-bond donors (Lipinski definition) is 0. The van der Waals surface area contributed by atoms with Crippen LogP contribution in [0.5, 0.6) is 6.01 Å². The van der Waals surface area contributed by atoms with E-state index in [4.69, 9.17) is 4.74 Å². The molecule has 6 heteroatoms. The number of rotatable bonds is 3. The fourth-order valence-corrected chi connectivity index (χ4v) is 1.74. The number of methoxy groups -OCH3 is 1. The molecule has 0 saturated heterocycles. The summed E-state index contributed by atoms with van der Waals surface area (Å²) < 4.78 is 33.2. The maximum absolute atomic E-state index is 13.6. The van der Waals surface area contributed by atoms with Gasteiger partial charge in [0, 0.05) is 17.3 Å². The van der Waals surface area contributed by atoms with Gasteiger partial charge in [-0.2, -0.15) is 0 Å². The van der Waals surface area contributed by atoms with Gasteiger partial charge in [-0.25, -0.2) is 13.8 Å². The number of nitrogens with zero attached hydrogens (tertiary/aromatic N) is 2. The van der Waals surface area contributed by atoms with Gasteiger partial charge in [-0.15, -0.1) is 0 Å². The first-order chi connectivity index (χ1) is 9.02. The summed E-state index contributed by atoms with van der Waals surface area (Å²) in [7, 11) is 1.34. The van der Waals surface area contributed by atoms with Gasteiger partial charge in [0.2, 0.25) is 0 Å². The van der Waals surface area contributed by atoms with Crippen LogP contribution in [-0.2, 0) is 6.54 Å². The standard InChI is InChI=1S/C13H12F2N2O2/c1-8-6-12(18)17(13(16-8)19-2)7-9-10(14)4-3-5-11(9)15/h3-6H,7H2,1-2H3. The zero-order chi connectivity index (χ0) is 14.0. The molecule has 1 aromatic heterocycles. The van der Waals surface area contributed by atoms with Gasteiger partial charge in [-0.1, -0.05) is 6.07 Å². The van der Waals surface area contributed by atoms with Crippen LogP contribution in [0.15, 0.2) is 29.1 Å². The minimum Gasteiger partial charge on any atom is -0.468 e. The lowest BCUT2D eigenvalue weighted by atomic mass is 10.2. The lowest BCUT2D eigenvalue weighted by Gasteiger charge is -2.12. The third-order valence-electron chi connectivity index (χ3n) is 2.66. The summed E-state index contributed by atoms with van der Waals surface area (Å²) in [6.45, 7) is 1.37. The highest BCUT2D eigenvalue weighted by Gasteiger charge is 2.13. The first-order valence-corrected chi connectivity index (χ1v) is 5.58. The van der Waals surface area contributed by atoms with Crippen molar-refractivity contribution in [2.45, 2.75) is 13.5 Å². The number of benzene rings is 1. The molecule has 0 unspecified atom stereocenters.